The quantitative estimate of drug-likeness (QED) is 0.791. The molecule has 0 aliphatic carbocycles. The molecule has 2 N–H and O–H groups in total. The van der Waals surface area contributed by atoms with Crippen LogP contribution in [0.4, 0.5) is 4.39 Å². The van der Waals surface area contributed by atoms with Crippen LogP contribution in [-0.2, 0) is 4.79 Å². The van der Waals surface area contributed by atoms with Gasteiger partial charge in [-0.2, -0.15) is 0 Å². The third-order valence-corrected chi connectivity index (χ3v) is 3.24. The Hall–Kier alpha value is -1.75. The van der Waals surface area contributed by atoms with Crippen molar-refractivity contribution in [3.05, 3.63) is 35.6 Å². The van der Waals surface area contributed by atoms with Gasteiger partial charge in [0.15, 0.2) is 5.78 Å². The molecule has 0 fully saturated rings. The third-order valence-electron chi connectivity index (χ3n) is 3.24. The van der Waals surface area contributed by atoms with E-state index in [1.165, 1.54) is 24.3 Å². The molecule has 0 bridgehead atoms. The molecule has 0 heterocycles. The number of nitrogens with one attached hydrogen (secondary N) is 1. The largest absolute Gasteiger partial charge is 0.391 e. The number of ketones is 1. The number of Topliss-reactive ketones (excluding diaryl/α,β-unsaturated/α-hetero) is 1. The van der Waals surface area contributed by atoms with Crippen LogP contribution < -0.4 is 5.32 Å². The fourth-order valence-electron chi connectivity index (χ4n) is 1.61. The number of rotatable bonds is 6. The first-order valence-corrected chi connectivity index (χ1v) is 6.93. The number of aliphatic hydroxyl groups excluding tert-OH is 1. The minimum Gasteiger partial charge on any atom is -0.391 e. The van der Waals surface area contributed by atoms with Gasteiger partial charge >= 0.3 is 0 Å². The topological polar surface area (TPSA) is 66.4 Å². The van der Waals surface area contributed by atoms with Crippen molar-refractivity contribution < 1.29 is 19.1 Å². The molecule has 0 aliphatic rings. The Labute approximate surface area is 124 Å². The highest BCUT2D eigenvalue weighted by Crippen LogP contribution is 2.18. The van der Waals surface area contributed by atoms with E-state index in [2.05, 4.69) is 5.32 Å². The Morgan fingerprint density at radius 2 is 1.76 bits per heavy atom. The van der Waals surface area contributed by atoms with E-state index >= 15 is 0 Å². The average molecular weight is 295 g/mol. The molecule has 5 heteroatoms. The fraction of sp³-hybridized carbons (Fsp3) is 0.500. The van der Waals surface area contributed by atoms with Gasteiger partial charge in [0.05, 0.1) is 6.10 Å². The summed E-state index contributed by atoms with van der Waals surface area (Å²) in [4.78, 5) is 23.4. The van der Waals surface area contributed by atoms with E-state index in [9.17, 15) is 19.1 Å². The molecular weight excluding hydrogens is 273 g/mol. The third kappa shape index (κ3) is 6.04. The first-order valence-electron chi connectivity index (χ1n) is 6.93. The minimum absolute atomic E-state index is 0.0487. The molecule has 1 amide bonds. The van der Waals surface area contributed by atoms with E-state index in [0.717, 1.165) is 0 Å². The maximum Gasteiger partial charge on any atom is 0.220 e. The van der Waals surface area contributed by atoms with E-state index in [-0.39, 0.29) is 36.5 Å². The van der Waals surface area contributed by atoms with Gasteiger partial charge in [0.2, 0.25) is 5.91 Å². The van der Waals surface area contributed by atoms with Gasteiger partial charge in [-0.25, -0.2) is 4.39 Å². The molecule has 0 aromatic heterocycles. The van der Waals surface area contributed by atoms with Gasteiger partial charge in [0.25, 0.3) is 0 Å². The lowest BCUT2D eigenvalue weighted by atomic mass is 9.89. The molecule has 1 aromatic carbocycles. The highest BCUT2D eigenvalue weighted by Gasteiger charge is 2.22. The molecule has 1 aromatic rings. The molecular formula is C16H22FNO3. The molecule has 1 rings (SSSR count). The molecule has 0 saturated carbocycles. The Morgan fingerprint density at radius 3 is 2.29 bits per heavy atom. The van der Waals surface area contributed by atoms with Crippen LogP contribution in [0.5, 0.6) is 0 Å². The van der Waals surface area contributed by atoms with Crippen molar-refractivity contribution in [3.63, 3.8) is 0 Å². The Balaban J connectivity index is 2.36. The van der Waals surface area contributed by atoms with Gasteiger partial charge in [-0.1, -0.05) is 20.8 Å². The van der Waals surface area contributed by atoms with Crippen LogP contribution in [0, 0.1) is 11.2 Å². The first-order chi connectivity index (χ1) is 9.70. The van der Waals surface area contributed by atoms with Crippen molar-refractivity contribution >= 4 is 11.7 Å². The summed E-state index contributed by atoms with van der Waals surface area (Å²) < 4.78 is 12.7. The number of benzene rings is 1. The van der Waals surface area contributed by atoms with E-state index in [1.807, 2.05) is 20.8 Å². The normalized spacial score (nSPS) is 12.8. The molecule has 0 spiro atoms. The zero-order chi connectivity index (χ0) is 16.0. The number of hydrogen-bond acceptors (Lipinski definition) is 3. The second kappa shape index (κ2) is 7.31. The van der Waals surface area contributed by atoms with Crippen molar-refractivity contribution in [1.29, 1.82) is 0 Å². The highest BCUT2D eigenvalue weighted by atomic mass is 19.1. The summed E-state index contributed by atoms with van der Waals surface area (Å²) in [6.45, 7) is 5.79. The van der Waals surface area contributed by atoms with Crippen molar-refractivity contribution in [2.24, 2.45) is 5.41 Å². The number of hydrogen-bond donors (Lipinski definition) is 2. The smallest absolute Gasteiger partial charge is 0.220 e. The van der Waals surface area contributed by atoms with E-state index in [1.54, 1.807) is 0 Å². The number of amides is 1. The molecule has 0 saturated heterocycles. The van der Waals surface area contributed by atoms with Gasteiger partial charge in [-0.3, -0.25) is 9.59 Å². The molecule has 0 aliphatic heterocycles. The maximum atomic E-state index is 12.7. The van der Waals surface area contributed by atoms with Gasteiger partial charge in [-0.15, -0.1) is 0 Å². The van der Waals surface area contributed by atoms with Crippen LogP contribution in [0.15, 0.2) is 24.3 Å². The summed E-state index contributed by atoms with van der Waals surface area (Å²) in [7, 11) is 0. The maximum absolute atomic E-state index is 12.7. The molecule has 4 nitrogen and oxygen atoms in total. The van der Waals surface area contributed by atoms with Crippen LogP contribution >= 0.6 is 0 Å². The van der Waals surface area contributed by atoms with Crippen molar-refractivity contribution in [3.8, 4) is 0 Å². The first kappa shape index (κ1) is 17.3. The SMILES string of the molecule is CC(C)(C)C(O)CNC(=O)CCC(=O)c1ccc(F)cc1. The molecule has 1 unspecified atom stereocenters. The lowest BCUT2D eigenvalue weighted by molar-refractivity contribution is -0.121. The molecule has 1 atom stereocenters. The second-order valence-corrected chi connectivity index (χ2v) is 6.12. The van der Waals surface area contributed by atoms with Crippen LogP contribution in [0.25, 0.3) is 0 Å². The summed E-state index contributed by atoms with van der Waals surface area (Å²) in [5, 5.41) is 12.4. The second-order valence-electron chi connectivity index (χ2n) is 6.12. The van der Waals surface area contributed by atoms with Gasteiger partial charge < -0.3 is 10.4 Å². The van der Waals surface area contributed by atoms with Crippen LogP contribution in [0.1, 0.15) is 44.0 Å². The fourth-order valence-corrected chi connectivity index (χ4v) is 1.61. The van der Waals surface area contributed by atoms with Crippen molar-refractivity contribution in [2.45, 2.75) is 39.7 Å². The standard InChI is InChI=1S/C16H22FNO3/c1-16(2,3)14(20)10-18-15(21)9-8-13(19)11-4-6-12(17)7-5-11/h4-7,14,20H,8-10H2,1-3H3,(H,18,21). The lowest BCUT2D eigenvalue weighted by Crippen LogP contribution is -2.39. The summed E-state index contributed by atoms with van der Waals surface area (Å²) in [5.41, 5.74) is 0.0796. The predicted molar refractivity (Wildman–Crippen MR) is 78.4 cm³/mol. The Morgan fingerprint density at radius 1 is 1.19 bits per heavy atom. The zero-order valence-corrected chi connectivity index (χ0v) is 12.6. The highest BCUT2D eigenvalue weighted by molar-refractivity contribution is 5.97. The van der Waals surface area contributed by atoms with Crippen LogP contribution in [-0.4, -0.2) is 29.4 Å². The average Bonchev–Trinajstić information content (AvgIpc) is 2.41. The lowest BCUT2D eigenvalue weighted by Gasteiger charge is -2.25. The molecule has 21 heavy (non-hydrogen) atoms. The number of carbonyl (C=O) groups excluding carboxylic acids is 2. The van der Waals surface area contributed by atoms with E-state index in [0.29, 0.717) is 5.56 Å². The number of aliphatic hydroxyl groups is 1. The Bertz CT molecular complexity index is 491. The molecule has 0 radical (unpaired) electrons. The predicted octanol–water partition coefficient (Wildman–Crippen LogP) is 2.31. The van der Waals surface area contributed by atoms with Gasteiger partial charge in [0.1, 0.15) is 5.82 Å². The minimum atomic E-state index is -0.644. The van der Waals surface area contributed by atoms with Crippen molar-refractivity contribution in [1.82, 2.24) is 5.32 Å². The monoisotopic (exact) mass is 295 g/mol. The number of halogens is 1. The molecule has 116 valence electrons. The summed E-state index contributed by atoms with van der Waals surface area (Å²) >= 11 is 0. The van der Waals surface area contributed by atoms with E-state index < -0.39 is 11.9 Å². The van der Waals surface area contributed by atoms with Crippen LogP contribution in [0.3, 0.4) is 0 Å². The number of carbonyl (C=O) groups is 2. The van der Waals surface area contributed by atoms with Crippen molar-refractivity contribution in [2.75, 3.05) is 6.54 Å². The Kier molecular flexibility index (Phi) is 6.03. The van der Waals surface area contributed by atoms with Crippen LogP contribution in [0.2, 0.25) is 0 Å². The summed E-state index contributed by atoms with van der Waals surface area (Å²) in [5.74, 6) is -0.893. The summed E-state index contributed by atoms with van der Waals surface area (Å²) in [6.07, 6.45) is -0.537. The van der Waals surface area contributed by atoms with Gasteiger partial charge in [0, 0.05) is 24.9 Å². The van der Waals surface area contributed by atoms with E-state index in [4.69, 9.17) is 0 Å². The summed E-state index contributed by atoms with van der Waals surface area (Å²) in [6, 6.07) is 5.23. The van der Waals surface area contributed by atoms with Gasteiger partial charge in [-0.05, 0) is 29.7 Å². The zero-order valence-electron chi connectivity index (χ0n) is 12.6.